The van der Waals surface area contributed by atoms with E-state index in [-0.39, 0.29) is 10.9 Å². The molecule has 0 spiro atoms. The summed E-state index contributed by atoms with van der Waals surface area (Å²) in [5.41, 5.74) is 2.58. The fourth-order valence-electron chi connectivity index (χ4n) is 1.86. The van der Waals surface area contributed by atoms with Crippen molar-refractivity contribution < 1.29 is 4.84 Å². The van der Waals surface area contributed by atoms with E-state index in [1.807, 2.05) is 21.6 Å². The molecular formula is C12H17NOS2. The van der Waals surface area contributed by atoms with Gasteiger partial charge >= 0.3 is 0 Å². The summed E-state index contributed by atoms with van der Waals surface area (Å²) < 4.78 is 0.0645. The summed E-state index contributed by atoms with van der Waals surface area (Å²) in [4.78, 5) is 5.18. The van der Waals surface area contributed by atoms with E-state index < -0.39 is 0 Å². The molecule has 1 aliphatic heterocycles. The standard InChI is InChI=1S/C12H17NOS2/c1-8-4-6-9(7-5-8)10-11(14-13)12(2,3)16-15-10/h4-7,10-11H,13H2,1-3H3. The van der Waals surface area contributed by atoms with E-state index in [4.69, 9.17) is 10.7 Å². The lowest BCUT2D eigenvalue weighted by atomic mass is 9.97. The summed E-state index contributed by atoms with van der Waals surface area (Å²) >= 11 is 0. The van der Waals surface area contributed by atoms with Crippen molar-refractivity contribution in [1.82, 2.24) is 0 Å². The van der Waals surface area contributed by atoms with Gasteiger partial charge in [0.15, 0.2) is 0 Å². The maximum absolute atomic E-state index is 5.44. The molecule has 1 heterocycles. The van der Waals surface area contributed by atoms with Gasteiger partial charge in [0.25, 0.3) is 0 Å². The number of hydrogen-bond donors (Lipinski definition) is 1. The van der Waals surface area contributed by atoms with E-state index in [0.717, 1.165) is 0 Å². The van der Waals surface area contributed by atoms with Crippen molar-refractivity contribution in [2.45, 2.75) is 36.9 Å². The highest BCUT2D eigenvalue weighted by Gasteiger charge is 2.45. The van der Waals surface area contributed by atoms with Gasteiger partial charge in [0.05, 0.1) is 10.00 Å². The summed E-state index contributed by atoms with van der Waals surface area (Å²) in [6.07, 6.45) is 0.0604. The zero-order chi connectivity index (χ0) is 11.8. The van der Waals surface area contributed by atoms with Crippen LogP contribution in [0.4, 0.5) is 0 Å². The molecule has 2 atom stereocenters. The van der Waals surface area contributed by atoms with E-state index in [0.29, 0.717) is 5.25 Å². The van der Waals surface area contributed by atoms with E-state index in [2.05, 4.69) is 45.0 Å². The fraction of sp³-hybridized carbons (Fsp3) is 0.500. The maximum atomic E-state index is 5.44. The fourth-order valence-corrected chi connectivity index (χ4v) is 5.33. The van der Waals surface area contributed by atoms with Crippen molar-refractivity contribution in [3.63, 3.8) is 0 Å². The Balaban J connectivity index is 2.25. The third-order valence-electron chi connectivity index (χ3n) is 2.88. The molecule has 2 N–H and O–H groups in total. The van der Waals surface area contributed by atoms with Gasteiger partial charge in [-0.05, 0) is 26.3 Å². The molecule has 88 valence electrons. The summed E-state index contributed by atoms with van der Waals surface area (Å²) in [7, 11) is 3.70. The quantitative estimate of drug-likeness (QED) is 0.648. The second-order valence-corrected chi connectivity index (χ2v) is 7.67. The molecule has 4 heteroatoms. The maximum Gasteiger partial charge on any atom is 0.110 e. The van der Waals surface area contributed by atoms with Gasteiger partial charge in [-0.2, -0.15) is 0 Å². The third kappa shape index (κ3) is 2.25. The minimum atomic E-state index is 0.0604. The molecule has 0 aliphatic carbocycles. The lowest BCUT2D eigenvalue weighted by molar-refractivity contribution is 0.0339. The molecule has 0 radical (unpaired) electrons. The van der Waals surface area contributed by atoms with Crippen LogP contribution >= 0.6 is 21.6 Å². The molecule has 2 rings (SSSR count). The average molecular weight is 255 g/mol. The number of hydrogen-bond acceptors (Lipinski definition) is 4. The van der Waals surface area contributed by atoms with Crippen molar-refractivity contribution in [2.75, 3.05) is 0 Å². The molecule has 1 fully saturated rings. The zero-order valence-corrected chi connectivity index (χ0v) is 11.4. The van der Waals surface area contributed by atoms with E-state index in [1.165, 1.54) is 11.1 Å². The molecule has 1 aromatic carbocycles. The molecule has 0 aromatic heterocycles. The Morgan fingerprint density at radius 2 is 1.88 bits per heavy atom. The first-order chi connectivity index (χ1) is 7.54. The molecule has 0 saturated carbocycles. The highest BCUT2D eigenvalue weighted by molar-refractivity contribution is 8.77. The number of nitrogens with two attached hydrogens (primary N) is 1. The van der Waals surface area contributed by atoms with E-state index in [1.54, 1.807) is 0 Å². The number of aryl methyl sites for hydroxylation is 1. The van der Waals surface area contributed by atoms with Crippen molar-refractivity contribution in [1.29, 1.82) is 0 Å². The van der Waals surface area contributed by atoms with Crippen LogP contribution in [-0.2, 0) is 4.84 Å². The van der Waals surface area contributed by atoms with Crippen LogP contribution in [0.1, 0.15) is 30.2 Å². The van der Waals surface area contributed by atoms with Crippen LogP contribution in [-0.4, -0.2) is 10.9 Å². The molecule has 2 nitrogen and oxygen atoms in total. The molecular weight excluding hydrogens is 238 g/mol. The molecule has 0 amide bonds. The summed E-state index contributed by atoms with van der Waals surface area (Å²) in [6.45, 7) is 6.45. The van der Waals surface area contributed by atoms with Crippen LogP contribution in [0.3, 0.4) is 0 Å². The largest absolute Gasteiger partial charge is 0.298 e. The topological polar surface area (TPSA) is 35.2 Å². The SMILES string of the molecule is Cc1ccc(C2SSC(C)(C)C2ON)cc1. The van der Waals surface area contributed by atoms with Crippen LogP contribution < -0.4 is 5.90 Å². The highest BCUT2D eigenvalue weighted by Crippen LogP contribution is 2.58. The Labute approximate surface area is 105 Å². The molecule has 16 heavy (non-hydrogen) atoms. The lowest BCUT2D eigenvalue weighted by Gasteiger charge is -2.26. The first kappa shape index (κ1) is 12.3. The van der Waals surface area contributed by atoms with Crippen molar-refractivity contribution in [3.8, 4) is 0 Å². The van der Waals surface area contributed by atoms with E-state index >= 15 is 0 Å². The van der Waals surface area contributed by atoms with Crippen LogP contribution in [0.15, 0.2) is 24.3 Å². The van der Waals surface area contributed by atoms with Crippen LogP contribution in [0.2, 0.25) is 0 Å². The smallest absolute Gasteiger partial charge is 0.110 e. The first-order valence-corrected chi connectivity index (χ1v) is 7.52. The Morgan fingerprint density at radius 3 is 2.44 bits per heavy atom. The molecule has 1 saturated heterocycles. The Morgan fingerprint density at radius 1 is 1.25 bits per heavy atom. The van der Waals surface area contributed by atoms with Crippen LogP contribution in [0, 0.1) is 6.92 Å². The Bertz CT molecular complexity index is 364. The van der Waals surface area contributed by atoms with Gasteiger partial charge in [0, 0.05) is 0 Å². The highest BCUT2D eigenvalue weighted by atomic mass is 33.1. The first-order valence-electron chi connectivity index (χ1n) is 5.31. The normalized spacial score (nSPS) is 28.2. The van der Waals surface area contributed by atoms with Crippen molar-refractivity contribution in [3.05, 3.63) is 35.4 Å². The minimum absolute atomic E-state index is 0.0604. The minimum Gasteiger partial charge on any atom is -0.298 e. The van der Waals surface area contributed by atoms with Gasteiger partial charge in [-0.1, -0.05) is 51.4 Å². The number of rotatable bonds is 2. The van der Waals surface area contributed by atoms with Gasteiger partial charge in [-0.15, -0.1) is 0 Å². The van der Waals surface area contributed by atoms with Crippen molar-refractivity contribution in [2.24, 2.45) is 5.90 Å². The molecule has 1 aromatic rings. The van der Waals surface area contributed by atoms with Crippen LogP contribution in [0.5, 0.6) is 0 Å². The van der Waals surface area contributed by atoms with E-state index in [9.17, 15) is 0 Å². The van der Waals surface area contributed by atoms with Crippen LogP contribution in [0.25, 0.3) is 0 Å². The lowest BCUT2D eigenvalue weighted by Crippen LogP contribution is -2.36. The third-order valence-corrected chi connectivity index (χ3v) is 6.56. The second-order valence-electron chi connectivity index (χ2n) is 4.67. The van der Waals surface area contributed by atoms with Gasteiger partial charge in [-0.25, -0.2) is 5.90 Å². The predicted octanol–water partition coefficient (Wildman–Crippen LogP) is 3.47. The monoisotopic (exact) mass is 255 g/mol. The summed E-state index contributed by atoms with van der Waals surface area (Å²) in [5, 5.41) is 0.325. The summed E-state index contributed by atoms with van der Waals surface area (Å²) in [5.74, 6) is 5.44. The molecule has 1 aliphatic rings. The Kier molecular flexibility index (Phi) is 3.54. The van der Waals surface area contributed by atoms with Gasteiger partial charge in [0.2, 0.25) is 0 Å². The summed E-state index contributed by atoms with van der Waals surface area (Å²) in [6, 6.07) is 8.61. The predicted molar refractivity (Wildman–Crippen MR) is 72.2 cm³/mol. The average Bonchev–Trinajstić information content (AvgIpc) is 2.54. The molecule has 2 unspecified atom stereocenters. The molecule has 0 bridgehead atoms. The van der Waals surface area contributed by atoms with Gasteiger partial charge in [0.1, 0.15) is 6.10 Å². The number of benzene rings is 1. The van der Waals surface area contributed by atoms with Gasteiger partial charge in [-0.3, -0.25) is 4.84 Å². The van der Waals surface area contributed by atoms with Gasteiger partial charge < -0.3 is 0 Å². The van der Waals surface area contributed by atoms with Crippen molar-refractivity contribution >= 4 is 21.6 Å². The zero-order valence-electron chi connectivity index (χ0n) is 9.77. The second kappa shape index (κ2) is 4.61. The Hall–Kier alpha value is -0.160.